The van der Waals surface area contributed by atoms with E-state index >= 15 is 0 Å². The van der Waals surface area contributed by atoms with Crippen LogP contribution in [-0.2, 0) is 0 Å². The number of benzene rings is 1. The number of para-hydroxylation sites is 1. The van der Waals surface area contributed by atoms with E-state index in [1.54, 1.807) is 0 Å². The molecule has 1 aromatic carbocycles. The van der Waals surface area contributed by atoms with Gasteiger partial charge < -0.3 is 0 Å². The summed E-state index contributed by atoms with van der Waals surface area (Å²) in [7, 11) is 0. The predicted octanol–water partition coefficient (Wildman–Crippen LogP) is 4.35. The summed E-state index contributed by atoms with van der Waals surface area (Å²) in [5, 5.41) is 4.45. The van der Waals surface area contributed by atoms with Gasteiger partial charge in [0.2, 0.25) is 0 Å². The van der Waals surface area contributed by atoms with Crippen LogP contribution < -0.4 is 0 Å². The van der Waals surface area contributed by atoms with Crippen molar-refractivity contribution in [1.29, 1.82) is 0 Å². The summed E-state index contributed by atoms with van der Waals surface area (Å²) >= 11 is 3.82. The molecule has 2 unspecified atom stereocenters. The fourth-order valence-corrected chi connectivity index (χ4v) is 3.58. The molecular formula is C15H17BrN2. The van der Waals surface area contributed by atoms with Gasteiger partial charge in [0.05, 0.1) is 11.9 Å². The molecule has 1 aromatic heterocycles. The Balaban J connectivity index is 1.82. The highest BCUT2D eigenvalue weighted by Crippen LogP contribution is 2.60. The summed E-state index contributed by atoms with van der Waals surface area (Å²) in [5.41, 5.74) is 2.86. The Morgan fingerprint density at radius 1 is 1.33 bits per heavy atom. The van der Waals surface area contributed by atoms with Gasteiger partial charge in [-0.3, -0.25) is 0 Å². The van der Waals surface area contributed by atoms with Crippen molar-refractivity contribution in [2.45, 2.75) is 25.1 Å². The quantitative estimate of drug-likeness (QED) is 0.771. The Hall–Kier alpha value is -1.09. The molecule has 2 nitrogen and oxygen atoms in total. The minimum Gasteiger partial charge on any atom is -0.241 e. The average Bonchev–Trinajstić information content (AvgIpc) is 2.81. The van der Waals surface area contributed by atoms with Gasteiger partial charge in [0, 0.05) is 16.6 Å². The standard InChI is InChI=1S/C15H17BrN2/c1-15(2)8-13(15)14(16)11-9-17-18(10-11)12-6-4-3-5-7-12/h3-7,9-10,13-14H,8H2,1-2H3. The Bertz CT molecular complexity index is 545. The first kappa shape index (κ1) is 12.0. The van der Waals surface area contributed by atoms with E-state index in [4.69, 9.17) is 0 Å². The molecule has 3 heteroatoms. The molecule has 1 heterocycles. The van der Waals surface area contributed by atoms with Gasteiger partial charge >= 0.3 is 0 Å². The van der Waals surface area contributed by atoms with E-state index in [2.05, 4.69) is 53.2 Å². The maximum absolute atomic E-state index is 4.45. The van der Waals surface area contributed by atoms with Gasteiger partial charge in [-0.2, -0.15) is 5.10 Å². The van der Waals surface area contributed by atoms with E-state index in [9.17, 15) is 0 Å². The third kappa shape index (κ3) is 2.12. The van der Waals surface area contributed by atoms with Gasteiger partial charge in [0.25, 0.3) is 0 Å². The molecule has 94 valence electrons. The highest BCUT2D eigenvalue weighted by molar-refractivity contribution is 9.09. The predicted molar refractivity (Wildman–Crippen MR) is 77.1 cm³/mol. The number of halogens is 1. The lowest BCUT2D eigenvalue weighted by atomic mass is 10.1. The van der Waals surface area contributed by atoms with Crippen molar-refractivity contribution in [3.05, 3.63) is 48.3 Å². The first-order chi connectivity index (χ1) is 8.58. The first-order valence-corrected chi connectivity index (χ1v) is 7.23. The van der Waals surface area contributed by atoms with Gasteiger partial charge in [-0.15, -0.1) is 0 Å². The molecule has 0 amide bonds. The smallest absolute Gasteiger partial charge is 0.0645 e. The monoisotopic (exact) mass is 304 g/mol. The normalized spacial score (nSPS) is 22.7. The maximum Gasteiger partial charge on any atom is 0.0645 e. The molecule has 1 aliphatic carbocycles. The van der Waals surface area contributed by atoms with Crippen LogP contribution in [0.25, 0.3) is 5.69 Å². The zero-order valence-electron chi connectivity index (χ0n) is 10.7. The third-order valence-corrected chi connectivity index (χ3v) is 5.05. The molecule has 0 N–H and O–H groups in total. The van der Waals surface area contributed by atoms with Crippen molar-refractivity contribution in [3.8, 4) is 5.69 Å². The molecule has 2 aromatic rings. The molecule has 0 spiro atoms. The second-order valence-electron chi connectivity index (χ2n) is 5.75. The Kier molecular flexibility index (Phi) is 2.81. The van der Waals surface area contributed by atoms with Crippen LogP contribution in [0.4, 0.5) is 0 Å². The van der Waals surface area contributed by atoms with E-state index in [1.807, 2.05) is 29.1 Å². The van der Waals surface area contributed by atoms with Crippen LogP contribution in [0.1, 0.15) is 30.7 Å². The largest absolute Gasteiger partial charge is 0.241 e. The molecule has 0 bridgehead atoms. The van der Waals surface area contributed by atoms with E-state index in [-0.39, 0.29) is 0 Å². The topological polar surface area (TPSA) is 17.8 Å². The van der Waals surface area contributed by atoms with Gasteiger partial charge in [0.15, 0.2) is 0 Å². The lowest BCUT2D eigenvalue weighted by Gasteiger charge is -2.09. The van der Waals surface area contributed by atoms with Gasteiger partial charge in [-0.25, -0.2) is 4.68 Å². The zero-order valence-corrected chi connectivity index (χ0v) is 12.3. The summed E-state index contributed by atoms with van der Waals surface area (Å²) in [6.07, 6.45) is 5.39. The lowest BCUT2D eigenvalue weighted by molar-refractivity contribution is 0.555. The molecule has 1 aliphatic rings. The van der Waals surface area contributed by atoms with Crippen molar-refractivity contribution in [2.75, 3.05) is 0 Å². The second-order valence-corrected chi connectivity index (χ2v) is 6.74. The number of hydrogen-bond acceptors (Lipinski definition) is 1. The Labute approximate surface area is 116 Å². The minimum atomic E-state index is 0.421. The fourth-order valence-electron chi connectivity index (χ4n) is 2.44. The summed E-state index contributed by atoms with van der Waals surface area (Å²) in [6, 6.07) is 10.2. The van der Waals surface area contributed by atoms with Crippen molar-refractivity contribution in [2.24, 2.45) is 11.3 Å². The van der Waals surface area contributed by atoms with Crippen molar-refractivity contribution in [3.63, 3.8) is 0 Å². The van der Waals surface area contributed by atoms with Crippen LogP contribution in [0.2, 0.25) is 0 Å². The summed E-state index contributed by atoms with van der Waals surface area (Å²) in [4.78, 5) is 0.421. The van der Waals surface area contributed by atoms with Crippen LogP contribution in [0.5, 0.6) is 0 Å². The van der Waals surface area contributed by atoms with Crippen LogP contribution >= 0.6 is 15.9 Å². The van der Waals surface area contributed by atoms with E-state index in [0.717, 1.165) is 11.6 Å². The molecule has 18 heavy (non-hydrogen) atoms. The second kappa shape index (κ2) is 4.23. The van der Waals surface area contributed by atoms with E-state index < -0.39 is 0 Å². The highest BCUT2D eigenvalue weighted by atomic mass is 79.9. The highest BCUT2D eigenvalue weighted by Gasteiger charge is 2.49. The Morgan fingerprint density at radius 3 is 2.61 bits per heavy atom. The summed E-state index contributed by atoms with van der Waals surface area (Å²) in [5.74, 6) is 0.728. The van der Waals surface area contributed by atoms with Crippen LogP contribution in [0.15, 0.2) is 42.7 Å². The lowest BCUT2D eigenvalue weighted by Crippen LogP contribution is -1.98. The molecule has 3 rings (SSSR count). The minimum absolute atomic E-state index is 0.421. The molecular weight excluding hydrogens is 288 g/mol. The van der Waals surface area contributed by atoms with E-state index in [0.29, 0.717) is 10.2 Å². The van der Waals surface area contributed by atoms with Crippen LogP contribution in [-0.4, -0.2) is 9.78 Å². The SMILES string of the molecule is CC1(C)CC1C(Br)c1cnn(-c2ccccc2)c1. The molecule has 1 fully saturated rings. The van der Waals surface area contributed by atoms with Crippen LogP contribution in [0, 0.1) is 11.3 Å². The molecule has 0 aliphatic heterocycles. The molecule has 2 atom stereocenters. The van der Waals surface area contributed by atoms with Gasteiger partial charge in [-0.1, -0.05) is 48.0 Å². The maximum atomic E-state index is 4.45. The van der Waals surface area contributed by atoms with Gasteiger partial charge in [-0.05, 0) is 29.9 Å². The van der Waals surface area contributed by atoms with Crippen molar-refractivity contribution in [1.82, 2.24) is 9.78 Å². The number of nitrogens with zero attached hydrogens (tertiary/aromatic N) is 2. The first-order valence-electron chi connectivity index (χ1n) is 6.32. The third-order valence-electron chi connectivity index (χ3n) is 3.88. The number of rotatable bonds is 3. The van der Waals surface area contributed by atoms with Gasteiger partial charge in [0.1, 0.15) is 0 Å². The van der Waals surface area contributed by atoms with Crippen LogP contribution in [0.3, 0.4) is 0 Å². The molecule has 1 saturated carbocycles. The van der Waals surface area contributed by atoms with Crippen molar-refractivity contribution >= 4 is 15.9 Å². The number of alkyl halides is 1. The van der Waals surface area contributed by atoms with E-state index in [1.165, 1.54) is 12.0 Å². The average molecular weight is 305 g/mol. The molecule has 0 saturated heterocycles. The van der Waals surface area contributed by atoms with Crippen molar-refractivity contribution < 1.29 is 0 Å². The molecule has 0 radical (unpaired) electrons. The summed E-state index contributed by atoms with van der Waals surface area (Å²) in [6.45, 7) is 4.65. The number of aromatic nitrogens is 2. The fraction of sp³-hybridized carbons (Fsp3) is 0.400. The summed E-state index contributed by atoms with van der Waals surface area (Å²) < 4.78 is 1.94. The number of hydrogen-bond donors (Lipinski definition) is 0. The Morgan fingerprint density at radius 2 is 2.00 bits per heavy atom. The zero-order chi connectivity index (χ0) is 12.8.